The van der Waals surface area contributed by atoms with Gasteiger partial charge < -0.3 is 29.4 Å². The van der Waals surface area contributed by atoms with Crippen LogP contribution < -0.4 is 20.3 Å². The summed E-state index contributed by atoms with van der Waals surface area (Å²) < 4.78 is 17.0. The minimum atomic E-state index is -0.451. The van der Waals surface area contributed by atoms with Crippen molar-refractivity contribution in [2.24, 2.45) is 0 Å². The number of amides is 1. The summed E-state index contributed by atoms with van der Waals surface area (Å²) in [5, 5.41) is 6.73. The molecular formula is C30H28N4O5S. The highest BCUT2D eigenvalue weighted by Gasteiger charge is 2.43. The number of ether oxygens (including phenoxy) is 2. The lowest BCUT2D eigenvalue weighted by Crippen LogP contribution is -2.29. The van der Waals surface area contributed by atoms with Crippen molar-refractivity contribution in [2.75, 3.05) is 24.4 Å². The molecule has 0 spiro atoms. The average molecular weight is 557 g/mol. The molecule has 1 aliphatic rings. The minimum Gasteiger partial charge on any atom is -0.494 e. The second kappa shape index (κ2) is 11.6. The van der Waals surface area contributed by atoms with Crippen molar-refractivity contribution in [3.05, 3.63) is 96.0 Å². The Bertz CT molecular complexity index is 1550. The Hall–Kier alpha value is -4.70. The van der Waals surface area contributed by atoms with Crippen molar-refractivity contribution in [1.82, 2.24) is 10.3 Å². The summed E-state index contributed by atoms with van der Waals surface area (Å²) in [6.45, 7) is 1.79. The Morgan fingerprint density at radius 3 is 2.60 bits per heavy atom. The molecule has 0 bridgehead atoms. The van der Waals surface area contributed by atoms with E-state index in [2.05, 4.69) is 15.6 Å². The number of nitrogens with zero attached hydrogens (tertiary/aromatic N) is 2. The molecule has 3 heterocycles. The summed E-state index contributed by atoms with van der Waals surface area (Å²) in [4.78, 5) is 31.0. The summed E-state index contributed by atoms with van der Waals surface area (Å²) in [6, 6.07) is 21.2. The SMILES string of the molecule is CCC(=O)Nc1ccc(N2C(=S)N[C@H](c3ccccn3)[C@@H]2c2ccc(-c3ccccc3C(=O)OC)o2)cc1OC. The number of hydrogen-bond acceptors (Lipinski definition) is 7. The first kappa shape index (κ1) is 26.9. The molecule has 1 aliphatic heterocycles. The highest BCUT2D eigenvalue weighted by Crippen LogP contribution is 2.44. The molecule has 2 atom stereocenters. The molecule has 1 fully saturated rings. The summed E-state index contributed by atoms with van der Waals surface area (Å²) in [6.07, 6.45) is 2.08. The zero-order chi connectivity index (χ0) is 28.2. The fourth-order valence-corrected chi connectivity index (χ4v) is 5.08. The fourth-order valence-electron chi connectivity index (χ4n) is 4.74. The topological polar surface area (TPSA) is 106 Å². The molecule has 2 N–H and O–H groups in total. The van der Waals surface area contributed by atoms with Crippen molar-refractivity contribution in [3.8, 4) is 17.1 Å². The predicted octanol–water partition coefficient (Wildman–Crippen LogP) is 5.66. The van der Waals surface area contributed by atoms with Crippen LogP contribution in [0.5, 0.6) is 5.75 Å². The van der Waals surface area contributed by atoms with Crippen molar-refractivity contribution in [2.45, 2.75) is 25.4 Å². The highest BCUT2D eigenvalue weighted by atomic mass is 32.1. The Morgan fingerprint density at radius 1 is 1.07 bits per heavy atom. The molecule has 1 amide bonds. The summed E-state index contributed by atoms with van der Waals surface area (Å²) >= 11 is 5.82. The molecule has 40 heavy (non-hydrogen) atoms. The molecule has 2 aromatic heterocycles. The van der Waals surface area contributed by atoms with Gasteiger partial charge in [-0.3, -0.25) is 9.78 Å². The van der Waals surface area contributed by atoms with Crippen LogP contribution in [0.25, 0.3) is 11.3 Å². The van der Waals surface area contributed by atoms with E-state index in [-0.39, 0.29) is 11.9 Å². The number of furan rings is 1. The first-order valence-corrected chi connectivity index (χ1v) is 13.1. The molecule has 0 aliphatic carbocycles. The zero-order valence-corrected chi connectivity index (χ0v) is 23.0. The number of thiocarbonyl (C=S) groups is 1. The number of pyridine rings is 1. The molecule has 0 radical (unpaired) electrons. The van der Waals surface area contributed by atoms with E-state index in [4.69, 9.17) is 26.1 Å². The van der Waals surface area contributed by atoms with Crippen LogP contribution in [0.3, 0.4) is 0 Å². The average Bonchev–Trinajstić information content (AvgIpc) is 3.62. The minimum absolute atomic E-state index is 0.118. The molecule has 0 unspecified atom stereocenters. The maximum absolute atomic E-state index is 12.4. The lowest BCUT2D eigenvalue weighted by atomic mass is 10.0. The Balaban J connectivity index is 1.59. The Kier molecular flexibility index (Phi) is 7.79. The number of aromatic nitrogens is 1. The van der Waals surface area contributed by atoms with E-state index in [1.807, 2.05) is 59.5 Å². The predicted molar refractivity (Wildman–Crippen MR) is 155 cm³/mol. The third-order valence-electron chi connectivity index (χ3n) is 6.67. The van der Waals surface area contributed by atoms with Gasteiger partial charge in [-0.1, -0.05) is 31.2 Å². The maximum atomic E-state index is 12.4. The number of esters is 1. The van der Waals surface area contributed by atoms with Gasteiger partial charge in [0.1, 0.15) is 23.3 Å². The third kappa shape index (κ3) is 5.13. The molecule has 1 saturated heterocycles. The highest BCUT2D eigenvalue weighted by molar-refractivity contribution is 7.80. The number of hydrogen-bond donors (Lipinski definition) is 2. The molecule has 204 valence electrons. The van der Waals surface area contributed by atoms with Gasteiger partial charge in [-0.05, 0) is 54.7 Å². The van der Waals surface area contributed by atoms with Crippen LogP contribution in [0.4, 0.5) is 11.4 Å². The van der Waals surface area contributed by atoms with E-state index >= 15 is 0 Å². The van der Waals surface area contributed by atoms with E-state index in [0.29, 0.717) is 45.6 Å². The van der Waals surface area contributed by atoms with Crippen LogP contribution in [0.1, 0.15) is 47.2 Å². The standard InChI is InChI=1S/C30H28N4O5S/c1-4-26(35)32-21-13-12-18(17-25(21)37-2)34-28(27(33-30(34)40)22-11-7-8-16-31-22)24-15-14-23(39-24)19-9-5-6-10-20(19)29(36)38-3/h5-17,27-28H,4H2,1-3H3,(H,32,35)(H,33,40)/t27-,28+/m1/s1. The molecule has 10 heteroatoms. The van der Waals surface area contributed by atoms with Crippen LogP contribution in [0.15, 0.2) is 83.4 Å². The van der Waals surface area contributed by atoms with Gasteiger partial charge >= 0.3 is 5.97 Å². The third-order valence-corrected chi connectivity index (χ3v) is 6.99. The van der Waals surface area contributed by atoms with Gasteiger partial charge in [0.25, 0.3) is 0 Å². The number of carbonyl (C=O) groups excluding carboxylic acids is 2. The number of nitrogens with one attached hydrogen (secondary N) is 2. The van der Waals surface area contributed by atoms with Crippen molar-refractivity contribution in [1.29, 1.82) is 0 Å². The molecule has 5 rings (SSSR count). The van der Waals surface area contributed by atoms with Crippen LogP contribution in [-0.2, 0) is 9.53 Å². The summed E-state index contributed by atoms with van der Waals surface area (Å²) in [7, 11) is 2.90. The maximum Gasteiger partial charge on any atom is 0.338 e. The van der Waals surface area contributed by atoms with Gasteiger partial charge in [-0.15, -0.1) is 0 Å². The smallest absolute Gasteiger partial charge is 0.338 e. The molecule has 2 aromatic carbocycles. The Morgan fingerprint density at radius 2 is 1.88 bits per heavy atom. The molecular weight excluding hydrogens is 528 g/mol. The normalized spacial score (nSPS) is 16.4. The van der Waals surface area contributed by atoms with Crippen LogP contribution >= 0.6 is 12.2 Å². The molecule has 0 saturated carbocycles. The Labute approximate surface area is 237 Å². The van der Waals surface area contributed by atoms with Gasteiger partial charge in [0.05, 0.1) is 37.2 Å². The quantitative estimate of drug-likeness (QED) is 0.210. The van der Waals surface area contributed by atoms with E-state index < -0.39 is 12.0 Å². The van der Waals surface area contributed by atoms with Crippen molar-refractivity contribution >= 4 is 40.6 Å². The van der Waals surface area contributed by atoms with Crippen LogP contribution in [0.2, 0.25) is 0 Å². The number of benzene rings is 2. The molecule has 9 nitrogen and oxygen atoms in total. The number of anilines is 2. The van der Waals surface area contributed by atoms with Gasteiger partial charge in [0, 0.05) is 29.9 Å². The summed E-state index contributed by atoms with van der Waals surface area (Å²) in [5.41, 5.74) is 3.10. The number of carbonyl (C=O) groups is 2. The summed E-state index contributed by atoms with van der Waals surface area (Å²) in [5.74, 6) is 1.05. The van der Waals surface area contributed by atoms with Gasteiger partial charge in [0.2, 0.25) is 5.91 Å². The first-order chi connectivity index (χ1) is 19.4. The van der Waals surface area contributed by atoms with E-state index in [1.54, 1.807) is 38.4 Å². The largest absolute Gasteiger partial charge is 0.494 e. The lowest BCUT2D eigenvalue weighted by Gasteiger charge is -2.27. The monoisotopic (exact) mass is 556 g/mol. The lowest BCUT2D eigenvalue weighted by molar-refractivity contribution is -0.115. The number of methoxy groups -OCH3 is 2. The van der Waals surface area contributed by atoms with E-state index in [9.17, 15) is 9.59 Å². The van der Waals surface area contributed by atoms with Crippen molar-refractivity contribution < 1.29 is 23.5 Å². The fraction of sp³-hybridized carbons (Fsp3) is 0.200. The van der Waals surface area contributed by atoms with E-state index in [0.717, 1.165) is 11.4 Å². The zero-order valence-electron chi connectivity index (χ0n) is 22.2. The van der Waals surface area contributed by atoms with Crippen LogP contribution in [0, 0.1) is 0 Å². The van der Waals surface area contributed by atoms with Gasteiger partial charge in [-0.2, -0.15) is 0 Å². The van der Waals surface area contributed by atoms with E-state index in [1.165, 1.54) is 7.11 Å². The first-order valence-electron chi connectivity index (χ1n) is 12.7. The molecule has 4 aromatic rings. The second-order valence-electron chi connectivity index (χ2n) is 9.02. The number of rotatable bonds is 8. The van der Waals surface area contributed by atoms with Gasteiger partial charge in [-0.25, -0.2) is 4.79 Å². The van der Waals surface area contributed by atoms with Crippen LogP contribution in [-0.4, -0.2) is 36.2 Å². The van der Waals surface area contributed by atoms with Crippen molar-refractivity contribution in [3.63, 3.8) is 0 Å². The second-order valence-corrected chi connectivity index (χ2v) is 9.41. The van der Waals surface area contributed by atoms with Gasteiger partial charge in [0.15, 0.2) is 5.11 Å².